The van der Waals surface area contributed by atoms with Crippen LogP contribution in [0.4, 0.5) is 26.3 Å². The van der Waals surface area contributed by atoms with E-state index in [1.807, 2.05) is 30.3 Å². The Hall–Kier alpha value is -3.44. The molecule has 2 atom stereocenters. The van der Waals surface area contributed by atoms with E-state index in [1.165, 1.54) is 12.1 Å². The van der Waals surface area contributed by atoms with E-state index in [4.69, 9.17) is 9.47 Å². The van der Waals surface area contributed by atoms with Gasteiger partial charge in [0, 0.05) is 0 Å². The lowest BCUT2D eigenvalue weighted by atomic mass is 10.1. The van der Waals surface area contributed by atoms with Gasteiger partial charge in [-0.3, -0.25) is 0 Å². The van der Waals surface area contributed by atoms with E-state index in [0.717, 1.165) is 5.56 Å². The average Bonchev–Trinajstić information content (AvgIpc) is 3.49. The summed E-state index contributed by atoms with van der Waals surface area (Å²) in [6.07, 6.45) is -8.69. The number of rotatable bonds is 4. The fraction of sp³-hybridized carbons (Fsp3) is 0.364. The molecule has 2 aliphatic rings. The molecule has 0 aliphatic carbocycles. The Bertz CT molecular complexity index is 965. The summed E-state index contributed by atoms with van der Waals surface area (Å²) in [6, 6.07) is 13.3. The van der Waals surface area contributed by atoms with Crippen molar-refractivity contribution >= 4 is 12.0 Å². The molecule has 0 saturated carbocycles. The molecule has 0 amide bonds. The summed E-state index contributed by atoms with van der Waals surface area (Å²) in [4.78, 5) is 7.74. The highest BCUT2D eigenvalue weighted by molar-refractivity contribution is 5.76. The van der Waals surface area contributed by atoms with Crippen molar-refractivity contribution in [2.24, 2.45) is 9.98 Å². The lowest BCUT2D eigenvalue weighted by Crippen LogP contribution is -2.40. The second-order valence-corrected chi connectivity index (χ2v) is 7.22. The van der Waals surface area contributed by atoms with Crippen molar-refractivity contribution in [2.75, 3.05) is 19.8 Å². The van der Waals surface area contributed by atoms with Crippen molar-refractivity contribution in [3.8, 4) is 0 Å². The summed E-state index contributed by atoms with van der Waals surface area (Å²) in [6.45, 7) is 0.592. The highest BCUT2D eigenvalue weighted by Gasteiger charge is 2.44. The van der Waals surface area contributed by atoms with Gasteiger partial charge in [0.05, 0.1) is 13.1 Å². The van der Waals surface area contributed by atoms with E-state index in [2.05, 4.69) is 20.6 Å². The van der Waals surface area contributed by atoms with Crippen molar-refractivity contribution in [1.29, 1.82) is 0 Å². The number of amidine groups is 2. The number of hydrogen-bond acceptors (Lipinski definition) is 5. The monoisotopic (exact) mass is 488 g/mol. The number of aliphatic imine (C=N–C) groups is 2. The summed E-state index contributed by atoms with van der Waals surface area (Å²) < 4.78 is 85.3. The minimum Gasteiger partial charge on any atom is -0.463 e. The van der Waals surface area contributed by atoms with E-state index in [0.29, 0.717) is 19.7 Å². The third kappa shape index (κ3) is 7.56. The van der Waals surface area contributed by atoms with E-state index >= 15 is 0 Å². The number of halogens is 6. The molecule has 0 aromatic heterocycles. The molecular weight excluding hydrogens is 466 g/mol. The van der Waals surface area contributed by atoms with Gasteiger partial charge in [-0.15, -0.1) is 0 Å². The molecular formula is C22H22F6N4O2. The summed E-state index contributed by atoms with van der Waals surface area (Å²) >= 11 is 0. The highest BCUT2D eigenvalue weighted by atomic mass is 19.4. The molecule has 4 rings (SSSR count). The van der Waals surface area contributed by atoms with Crippen molar-refractivity contribution in [3.05, 3.63) is 71.8 Å². The van der Waals surface area contributed by atoms with Crippen LogP contribution in [-0.4, -0.2) is 50.2 Å². The van der Waals surface area contributed by atoms with Crippen molar-refractivity contribution in [2.45, 2.75) is 31.0 Å². The Morgan fingerprint density at radius 3 is 2.15 bits per heavy atom. The van der Waals surface area contributed by atoms with Gasteiger partial charge in [-0.2, -0.15) is 26.3 Å². The van der Waals surface area contributed by atoms with Gasteiger partial charge in [-0.05, 0) is 11.1 Å². The van der Waals surface area contributed by atoms with Crippen LogP contribution in [-0.2, 0) is 16.0 Å². The van der Waals surface area contributed by atoms with Gasteiger partial charge in [0.1, 0.15) is 13.2 Å². The molecule has 2 unspecified atom stereocenters. The maximum Gasteiger partial charge on any atom is 0.412 e. The molecule has 184 valence electrons. The molecule has 2 aromatic carbocycles. The van der Waals surface area contributed by atoms with Crippen LogP contribution >= 0.6 is 0 Å². The zero-order valence-electron chi connectivity index (χ0n) is 17.7. The Labute approximate surface area is 191 Å². The first-order chi connectivity index (χ1) is 16.1. The van der Waals surface area contributed by atoms with Crippen LogP contribution in [0.3, 0.4) is 0 Å². The van der Waals surface area contributed by atoms with Crippen LogP contribution in [0.5, 0.6) is 0 Å². The van der Waals surface area contributed by atoms with Crippen LogP contribution in [0.15, 0.2) is 70.6 Å². The summed E-state index contributed by atoms with van der Waals surface area (Å²) in [5, 5.41) is 4.48. The topological polar surface area (TPSA) is 67.2 Å². The quantitative estimate of drug-likeness (QED) is 0.628. The number of nitrogens with one attached hydrogen (secondary N) is 2. The van der Waals surface area contributed by atoms with Gasteiger partial charge in [-0.25, -0.2) is 9.98 Å². The smallest absolute Gasteiger partial charge is 0.412 e. The van der Waals surface area contributed by atoms with Gasteiger partial charge in [0.25, 0.3) is 12.0 Å². The number of benzene rings is 2. The third-order valence-corrected chi connectivity index (χ3v) is 4.64. The second-order valence-electron chi connectivity index (χ2n) is 7.22. The molecule has 2 aliphatic heterocycles. The zero-order chi connectivity index (χ0) is 24.6. The Morgan fingerprint density at radius 2 is 1.62 bits per heavy atom. The molecule has 2 aromatic rings. The second kappa shape index (κ2) is 11.1. The summed E-state index contributed by atoms with van der Waals surface area (Å²) in [5.74, 6) is 0. The van der Waals surface area contributed by atoms with Gasteiger partial charge < -0.3 is 20.1 Å². The Morgan fingerprint density at radius 1 is 0.971 bits per heavy atom. The number of nitrogens with zero attached hydrogens (tertiary/aromatic N) is 2. The maximum atomic E-state index is 12.9. The fourth-order valence-electron chi connectivity index (χ4n) is 2.95. The fourth-order valence-corrected chi connectivity index (χ4v) is 2.95. The molecule has 0 bridgehead atoms. The first-order valence-corrected chi connectivity index (χ1v) is 10.2. The lowest BCUT2D eigenvalue weighted by Gasteiger charge is -2.22. The standard InChI is InChI=1S/2C11H11F3N2O/c12-11(13,14)9-7-17-10(16-9)15-6-8-4-2-1-3-5-8;12-11(13,14)9(8-4-2-1-3-5-8)16-10-15-6-7-17-10/h2*1-5,9H,6-7H2,(H,15,16). The first kappa shape index (κ1) is 25.2. The number of alkyl halides is 6. The van der Waals surface area contributed by atoms with Gasteiger partial charge >= 0.3 is 12.4 Å². The lowest BCUT2D eigenvalue weighted by molar-refractivity contribution is -0.154. The molecule has 1 fully saturated rings. The summed E-state index contributed by atoms with van der Waals surface area (Å²) in [7, 11) is 0. The normalized spacial score (nSPS) is 19.8. The zero-order valence-corrected chi connectivity index (χ0v) is 17.7. The minimum atomic E-state index is -4.39. The van der Waals surface area contributed by atoms with Crippen molar-refractivity contribution in [3.63, 3.8) is 0 Å². The SMILES string of the molecule is FC(F)(F)C(NC1=NCCO1)c1ccccc1.FC(F)(F)C1COC(=NCc2ccccc2)N1. The largest absolute Gasteiger partial charge is 0.463 e. The highest BCUT2D eigenvalue weighted by Crippen LogP contribution is 2.32. The van der Waals surface area contributed by atoms with Crippen molar-refractivity contribution in [1.82, 2.24) is 10.6 Å². The predicted octanol–water partition coefficient (Wildman–Crippen LogP) is 4.36. The van der Waals surface area contributed by atoms with E-state index in [1.54, 1.807) is 18.2 Å². The molecule has 12 heteroatoms. The van der Waals surface area contributed by atoms with Gasteiger partial charge in [0.2, 0.25) is 0 Å². The molecule has 0 spiro atoms. The van der Waals surface area contributed by atoms with Gasteiger partial charge in [0.15, 0.2) is 12.1 Å². The molecule has 2 heterocycles. The van der Waals surface area contributed by atoms with E-state index < -0.39 is 31.0 Å². The van der Waals surface area contributed by atoms with Crippen LogP contribution < -0.4 is 10.6 Å². The van der Waals surface area contributed by atoms with E-state index in [-0.39, 0.29) is 17.6 Å². The van der Waals surface area contributed by atoms with E-state index in [9.17, 15) is 26.3 Å². The van der Waals surface area contributed by atoms with Crippen LogP contribution in [0.25, 0.3) is 0 Å². The van der Waals surface area contributed by atoms with Crippen molar-refractivity contribution < 1.29 is 35.8 Å². The van der Waals surface area contributed by atoms with Gasteiger partial charge in [-0.1, -0.05) is 60.7 Å². The predicted molar refractivity (Wildman–Crippen MR) is 113 cm³/mol. The molecule has 1 saturated heterocycles. The Kier molecular flexibility index (Phi) is 8.24. The number of ether oxygens (including phenoxy) is 2. The summed E-state index contributed by atoms with van der Waals surface area (Å²) in [5.41, 5.74) is 1.05. The molecule has 0 radical (unpaired) electrons. The minimum absolute atomic E-state index is 0.0452. The third-order valence-electron chi connectivity index (χ3n) is 4.64. The van der Waals surface area contributed by atoms with Crippen LogP contribution in [0.2, 0.25) is 0 Å². The van der Waals surface area contributed by atoms with Crippen LogP contribution in [0, 0.1) is 0 Å². The average molecular weight is 488 g/mol. The Balaban J connectivity index is 0.000000191. The molecule has 34 heavy (non-hydrogen) atoms. The maximum absolute atomic E-state index is 12.9. The number of hydrogen-bond donors (Lipinski definition) is 2. The first-order valence-electron chi connectivity index (χ1n) is 10.2. The molecule has 6 nitrogen and oxygen atoms in total. The van der Waals surface area contributed by atoms with Crippen LogP contribution in [0.1, 0.15) is 17.2 Å². The molecule has 2 N–H and O–H groups in total.